The van der Waals surface area contributed by atoms with E-state index in [1.165, 1.54) is 18.4 Å². The Balaban J connectivity index is 2.33. The summed E-state index contributed by atoms with van der Waals surface area (Å²) in [6.45, 7) is 4.02. The normalized spacial score (nSPS) is 22.2. The van der Waals surface area contributed by atoms with Crippen molar-refractivity contribution in [2.75, 3.05) is 0 Å². The Morgan fingerprint density at radius 2 is 2.25 bits per heavy atom. The summed E-state index contributed by atoms with van der Waals surface area (Å²) in [5, 5.41) is 12.3. The molecule has 0 spiro atoms. The molecule has 12 heavy (non-hydrogen) atoms. The molecule has 1 saturated carbocycles. The molecule has 1 aliphatic carbocycles. The molecule has 1 aliphatic rings. The fourth-order valence-electron chi connectivity index (χ4n) is 1.72. The largest absolute Gasteiger partial charge is 0.384 e. The molecule has 1 heterocycles. The standard InChI is InChI=1S/C10H14OS/c1-7-5-6-12-9(7)10(2,11)8-3-4-8/h5-6,8,11H,3-4H2,1-2H3. The first-order valence-electron chi connectivity index (χ1n) is 4.39. The first-order valence-corrected chi connectivity index (χ1v) is 5.27. The zero-order valence-electron chi connectivity index (χ0n) is 7.50. The molecule has 0 saturated heterocycles. The summed E-state index contributed by atoms with van der Waals surface area (Å²) < 4.78 is 0. The fourth-order valence-corrected chi connectivity index (χ4v) is 2.79. The maximum Gasteiger partial charge on any atom is 0.0990 e. The summed E-state index contributed by atoms with van der Waals surface area (Å²) in [6, 6.07) is 2.08. The molecule has 0 aliphatic heterocycles. The monoisotopic (exact) mass is 182 g/mol. The van der Waals surface area contributed by atoms with Crippen molar-refractivity contribution in [2.45, 2.75) is 32.3 Å². The van der Waals surface area contributed by atoms with Crippen LogP contribution in [0.15, 0.2) is 11.4 Å². The van der Waals surface area contributed by atoms with Crippen molar-refractivity contribution in [3.63, 3.8) is 0 Å². The third-order valence-electron chi connectivity index (χ3n) is 2.69. The van der Waals surface area contributed by atoms with E-state index in [0.29, 0.717) is 5.92 Å². The van der Waals surface area contributed by atoms with E-state index in [4.69, 9.17) is 0 Å². The second-order valence-corrected chi connectivity index (χ2v) is 4.77. The Labute approximate surface area is 77.0 Å². The van der Waals surface area contributed by atoms with Gasteiger partial charge in [0.15, 0.2) is 0 Å². The Bertz CT molecular complexity index is 284. The van der Waals surface area contributed by atoms with Gasteiger partial charge < -0.3 is 5.11 Å². The zero-order valence-corrected chi connectivity index (χ0v) is 8.32. The van der Waals surface area contributed by atoms with Gasteiger partial charge in [-0.2, -0.15) is 0 Å². The molecule has 1 N–H and O–H groups in total. The Kier molecular flexibility index (Phi) is 1.77. The van der Waals surface area contributed by atoms with Gasteiger partial charge in [0.1, 0.15) is 0 Å². The lowest BCUT2D eigenvalue weighted by Crippen LogP contribution is -2.23. The van der Waals surface area contributed by atoms with Crippen LogP contribution < -0.4 is 0 Å². The van der Waals surface area contributed by atoms with Crippen LogP contribution in [-0.4, -0.2) is 5.11 Å². The lowest BCUT2D eigenvalue weighted by atomic mass is 9.96. The van der Waals surface area contributed by atoms with Crippen LogP contribution in [0.5, 0.6) is 0 Å². The predicted octanol–water partition coefficient (Wildman–Crippen LogP) is 2.67. The number of aliphatic hydroxyl groups is 1. The molecule has 0 aromatic carbocycles. The highest BCUT2D eigenvalue weighted by Gasteiger charge is 2.42. The van der Waals surface area contributed by atoms with Crippen molar-refractivity contribution in [1.29, 1.82) is 0 Å². The minimum Gasteiger partial charge on any atom is -0.384 e. The van der Waals surface area contributed by atoms with Crippen LogP contribution in [0, 0.1) is 12.8 Å². The predicted molar refractivity (Wildman–Crippen MR) is 51.4 cm³/mol. The van der Waals surface area contributed by atoms with Gasteiger partial charge >= 0.3 is 0 Å². The molecule has 0 bridgehead atoms. The van der Waals surface area contributed by atoms with Crippen LogP contribution in [0.2, 0.25) is 0 Å². The molecule has 1 aromatic rings. The van der Waals surface area contributed by atoms with Crippen molar-refractivity contribution in [3.8, 4) is 0 Å². The van der Waals surface area contributed by atoms with E-state index in [1.54, 1.807) is 11.3 Å². The average Bonchev–Trinajstić information content (AvgIpc) is 2.75. The van der Waals surface area contributed by atoms with Crippen molar-refractivity contribution in [2.24, 2.45) is 5.92 Å². The van der Waals surface area contributed by atoms with Gasteiger partial charge in [0.2, 0.25) is 0 Å². The zero-order chi connectivity index (χ0) is 8.77. The average molecular weight is 182 g/mol. The van der Waals surface area contributed by atoms with Gasteiger partial charge in [-0.15, -0.1) is 11.3 Å². The summed E-state index contributed by atoms with van der Waals surface area (Å²) in [4.78, 5) is 1.16. The van der Waals surface area contributed by atoms with Gasteiger partial charge in [0, 0.05) is 4.88 Å². The molecule has 66 valence electrons. The van der Waals surface area contributed by atoms with Crippen molar-refractivity contribution in [3.05, 3.63) is 21.9 Å². The maximum atomic E-state index is 10.2. The van der Waals surface area contributed by atoms with Crippen molar-refractivity contribution >= 4 is 11.3 Å². The Morgan fingerprint density at radius 3 is 2.67 bits per heavy atom. The summed E-state index contributed by atoms with van der Waals surface area (Å²) >= 11 is 1.67. The van der Waals surface area contributed by atoms with Crippen LogP contribution >= 0.6 is 11.3 Å². The summed E-state index contributed by atoms with van der Waals surface area (Å²) in [7, 11) is 0. The van der Waals surface area contributed by atoms with Gasteiger partial charge in [0.05, 0.1) is 5.60 Å². The highest BCUT2D eigenvalue weighted by atomic mass is 32.1. The molecule has 0 amide bonds. The molecule has 2 heteroatoms. The van der Waals surface area contributed by atoms with Gasteiger partial charge in [-0.05, 0) is 49.6 Å². The summed E-state index contributed by atoms with van der Waals surface area (Å²) in [6.07, 6.45) is 2.37. The van der Waals surface area contributed by atoms with Crippen LogP contribution in [0.1, 0.15) is 30.2 Å². The minimum absolute atomic E-state index is 0.509. The number of hydrogen-bond acceptors (Lipinski definition) is 2. The van der Waals surface area contributed by atoms with Crippen molar-refractivity contribution < 1.29 is 5.11 Å². The Morgan fingerprint density at radius 1 is 1.58 bits per heavy atom. The SMILES string of the molecule is Cc1ccsc1C(C)(O)C1CC1. The lowest BCUT2D eigenvalue weighted by Gasteiger charge is -2.22. The van der Waals surface area contributed by atoms with Gasteiger partial charge in [-0.3, -0.25) is 0 Å². The quantitative estimate of drug-likeness (QED) is 0.745. The summed E-state index contributed by atoms with van der Waals surface area (Å²) in [5.41, 5.74) is 0.676. The van der Waals surface area contributed by atoms with E-state index in [0.717, 1.165) is 4.88 Å². The third kappa shape index (κ3) is 1.19. The van der Waals surface area contributed by atoms with Crippen molar-refractivity contribution in [1.82, 2.24) is 0 Å². The van der Waals surface area contributed by atoms with E-state index in [9.17, 15) is 5.11 Å². The van der Waals surface area contributed by atoms with Gasteiger partial charge in [-0.25, -0.2) is 0 Å². The molecule has 2 rings (SSSR count). The second-order valence-electron chi connectivity index (χ2n) is 3.85. The second kappa shape index (κ2) is 2.57. The molecule has 1 nitrogen and oxygen atoms in total. The Hall–Kier alpha value is -0.340. The number of thiophene rings is 1. The number of rotatable bonds is 2. The smallest absolute Gasteiger partial charge is 0.0990 e. The molecule has 1 unspecified atom stereocenters. The number of aryl methyl sites for hydroxylation is 1. The van der Waals surface area contributed by atoms with Crippen LogP contribution in [0.4, 0.5) is 0 Å². The van der Waals surface area contributed by atoms with E-state index >= 15 is 0 Å². The van der Waals surface area contributed by atoms with Gasteiger partial charge in [0.25, 0.3) is 0 Å². The first-order chi connectivity index (χ1) is 5.62. The third-order valence-corrected chi connectivity index (χ3v) is 3.94. The molecule has 1 aromatic heterocycles. The highest BCUT2D eigenvalue weighted by Crippen LogP contribution is 2.47. The van der Waals surface area contributed by atoms with Gasteiger partial charge in [-0.1, -0.05) is 0 Å². The lowest BCUT2D eigenvalue weighted by molar-refractivity contribution is 0.0363. The minimum atomic E-state index is -0.557. The maximum absolute atomic E-state index is 10.2. The van der Waals surface area contributed by atoms with E-state index in [2.05, 4.69) is 18.4 Å². The van der Waals surface area contributed by atoms with Crippen LogP contribution in [0.25, 0.3) is 0 Å². The van der Waals surface area contributed by atoms with Crippen LogP contribution in [-0.2, 0) is 5.60 Å². The molecule has 1 atom stereocenters. The fraction of sp³-hybridized carbons (Fsp3) is 0.600. The molecule has 1 fully saturated rings. The molecule has 0 radical (unpaired) electrons. The summed E-state index contributed by atoms with van der Waals surface area (Å²) in [5.74, 6) is 0.509. The van der Waals surface area contributed by atoms with E-state index < -0.39 is 5.60 Å². The topological polar surface area (TPSA) is 20.2 Å². The van der Waals surface area contributed by atoms with Crippen LogP contribution in [0.3, 0.4) is 0 Å². The van der Waals surface area contributed by atoms with E-state index in [-0.39, 0.29) is 0 Å². The highest BCUT2D eigenvalue weighted by molar-refractivity contribution is 7.10. The number of hydrogen-bond donors (Lipinski definition) is 1. The molecular formula is C10H14OS. The first kappa shape index (κ1) is 8.27. The molecular weight excluding hydrogens is 168 g/mol. The van der Waals surface area contributed by atoms with E-state index in [1.807, 2.05) is 6.92 Å².